The molecule has 2 amide bonds. The summed E-state index contributed by atoms with van der Waals surface area (Å²) in [7, 11) is 0. The van der Waals surface area contributed by atoms with Gasteiger partial charge in [-0.2, -0.15) is 0 Å². The largest absolute Gasteiger partial charge is 0.477 e. The molecular weight excluding hydrogens is 258 g/mol. The van der Waals surface area contributed by atoms with Crippen LogP contribution >= 0.6 is 0 Å². The topological polar surface area (TPSA) is 85.5 Å². The van der Waals surface area contributed by atoms with Gasteiger partial charge < -0.3 is 10.5 Å². The second-order valence-electron chi connectivity index (χ2n) is 5.10. The maximum Gasteiger partial charge on any atom is 0.261 e. The molecule has 2 rings (SSSR count). The van der Waals surface area contributed by atoms with E-state index < -0.39 is 11.4 Å². The summed E-state index contributed by atoms with van der Waals surface area (Å²) in [6.07, 6.45) is 3.20. The van der Waals surface area contributed by atoms with E-state index in [1.165, 1.54) is 4.90 Å². The number of amides is 2. The average molecular weight is 275 g/mol. The van der Waals surface area contributed by atoms with E-state index in [-0.39, 0.29) is 12.6 Å². The average Bonchev–Trinajstić information content (AvgIpc) is 2.39. The Bertz CT molecular complexity index is 579. The normalized spacial score (nSPS) is 16.1. The molecule has 6 heteroatoms. The molecule has 20 heavy (non-hydrogen) atoms. The van der Waals surface area contributed by atoms with Gasteiger partial charge in [-0.15, -0.1) is 0 Å². The Labute approximate surface area is 117 Å². The van der Waals surface area contributed by atoms with Gasteiger partial charge in [0.25, 0.3) is 5.91 Å². The summed E-state index contributed by atoms with van der Waals surface area (Å²) in [5.74, 6) is -0.329. The first-order valence-electron chi connectivity index (χ1n) is 6.21. The van der Waals surface area contributed by atoms with E-state index in [0.717, 1.165) is 0 Å². The first-order valence-corrected chi connectivity index (χ1v) is 6.21. The minimum absolute atomic E-state index is 0.00912. The SMILES string of the molecule is CC1=C(c2ccncc2)C(=O)N(C(C)(C)C(N)=O)CO1. The molecule has 1 aromatic rings. The number of carbonyl (C=O) groups is 2. The predicted octanol–water partition coefficient (Wildman–Crippen LogP) is 0.893. The molecule has 2 N–H and O–H groups in total. The number of primary amides is 1. The van der Waals surface area contributed by atoms with Crippen LogP contribution in [-0.2, 0) is 14.3 Å². The number of nitrogens with zero attached hydrogens (tertiary/aromatic N) is 2. The fraction of sp³-hybridized carbons (Fsp3) is 0.357. The third kappa shape index (κ3) is 2.24. The minimum atomic E-state index is -1.12. The zero-order valence-corrected chi connectivity index (χ0v) is 11.7. The van der Waals surface area contributed by atoms with Crippen molar-refractivity contribution >= 4 is 17.4 Å². The highest BCUT2D eigenvalue weighted by Gasteiger charge is 2.40. The lowest BCUT2D eigenvalue weighted by molar-refractivity contribution is -0.148. The van der Waals surface area contributed by atoms with E-state index in [0.29, 0.717) is 16.9 Å². The van der Waals surface area contributed by atoms with Crippen LogP contribution in [-0.4, -0.2) is 34.0 Å². The molecule has 0 aliphatic carbocycles. The second-order valence-corrected chi connectivity index (χ2v) is 5.10. The zero-order valence-electron chi connectivity index (χ0n) is 11.7. The Morgan fingerprint density at radius 2 is 2.00 bits per heavy atom. The molecule has 1 aliphatic rings. The van der Waals surface area contributed by atoms with Gasteiger partial charge in [-0.1, -0.05) is 0 Å². The molecule has 0 saturated heterocycles. The van der Waals surface area contributed by atoms with Crippen LogP contribution in [0, 0.1) is 0 Å². The highest BCUT2D eigenvalue weighted by molar-refractivity contribution is 6.21. The molecule has 0 aromatic carbocycles. The number of hydrogen-bond donors (Lipinski definition) is 1. The quantitative estimate of drug-likeness (QED) is 0.887. The van der Waals surface area contributed by atoms with Gasteiger partial charge in [-0.25, -0.2) is 0 Å². The van der Waals surface area contributed by atoms with E-state index in [9.17, 15) is 9.59 Å². The number of ether oxygens (including phenoxy) is 1. The maximum absolute atomic E-state index is 12.6. The van der Waals surface area contributed by atoms with Crippen molar-refractivity contribution in [1.82, 2.24) is 9.88 Å². The summed E-state index contributed by atoms with van der Waals surface area (Å²) >= 11 is 0. The lowest BCUT2D eigenvalue weighted by Crippen LogP contribution is -2.57. The summed E-state index contributed by atoms with van der Waals surface area (Å²) in [5, 5.41) is 0. The van der Waals surface area contributed by atoms with Crippen LogP contribution in [0.5, 0.6) is 0 Å². The molecular formula is C14H17N3O3. The molecule has 6 nitrogen and oxygen atoms in total. The van der Waals surface area contributed by atoms with Crippen LogP contribution in [0.25, 0.3) is 5.57 Å². The van der Waals surface area contributed by atoms with Gasteiger partial charge in [0, 0.05) is 12.4 Å². The van der Waals surface area contributed by atoms with Crippen molar-refractivity contribution in [3.63, 3.8) is 0 Å². The molecule has 0 spiro atoms. The second kappa shape index (κ2) is 4.96. The number of hydrogen-bond acceptors (Lipinski definition) is 4. The van der Waals surface area contributed by atoms with Crippen LogP contribution in [0.2, 0.25) is 0 Å². The molecule has 0 fully saturated rings. The van der Waals surface area contributed by atoms with Crippen molar-refractivity contribution in [2.24, 2.45) is 5.73 Å². The molecule has 2 heterocycles. The van der Waals surface area contributed by atoms with E-state index >= 15 is 0 Å². The van der Waals surface area contributed by atoms with E-state index in [4.69, 9.17) is 10.5 Å². The molecule has 106 valence electrons. The minimum Gasteiger partial charge on any atom is -0.477 e. The van der Waals surface area contributed by atoms with Crippen LogP contribution in [0.1, 0.15) is 26.3 Å². The molecule has 0 unspecified atom stereocenters. The van der Waals surface area contributed by atoms with Crippen molar-refractivity contribution in [3.8, 4) is 0 Å². The van der Waals surface area contributed by atoms with E-state index in [1.807, 2.05) is 0 Å². The number of nitrogens with two attached hydrogens (primary N) is 1. The fourth-order valence-corrected chi connectivity index (χ4v) is 1.97. The Hall–Kier alpha value is -2.37. The molecule has 0 saturated carbocycles. The van der Waals surface area contributed by atoms with E-state index in [2.05, 4.69) is 4.98 Å². The summed E-state index contributed by atoms with van der Waals surface area (Å²) in [6, 6.07) is 3.45. The van der Waals surface area contributed by atoms with Gasteiger partial charge in [0.05, 0.1) is 5.57 Å². The lowest BCUT2D eigenvalue weighted by atomic mass is 9.97. The number of allylic oxidation sites excluding steroid dienone is 1. The molecule has 1 aromatic heterocycles. The van der Waals surface area contributed by atoms with Gasteiger partial charge in [0.15, 0.2) is 6.73 Å². The van der Waals surface area contributed by atoms with Crippen molar-refractivity contribution in [3.05, 3.63) is 35.8 Å². The summed E-state index contributed by atoms with van der Waals surface area (Å²) in [5.41, 5.74) is 5.38. The van der Waals surface area contributed by atoms with Gasteiger partial charge in [0.1, 0.15) is 11.3 Å². The number of carbonyl (C=O) groups excluding carboxylic acids is 2. The zero-order chi connectivity index (χ0) is 14.9. The Balaban J connectivity index is 2.44. The van der Waals surface area contributed by atoms with Crippen molar-refractivity contribution < 1.29 is 14.3 Å². The summed E-state index contributed by atoms with van der Waals surface area (Å²) in [4.78, 5) is 29.4. The van der Waals surface area contributed by atoms with Gasteiger partial charge in [0.2, 0.25) is 5.91 Å². The predicted molar refractivity (Wildman–Crippen MR) is 72.9 cm³/mol. The molecule has 0 radical (unpaired) electrons. The first kappa shape index (κ1) is 14.0. The van der Waals surface area contributed by atoms with Gasteiger partial charge in [-0.3, -0.25) is 19.5 Å². The van der Waals surface area contributed by atoms with Gasteiger partial charge >= 0.3 is 0 Å². The third-order valence-corrected chi connectivity index (χ3v) is 3.47. The first-order chi connectivity index (χ1) is 9.35. The Kier molecular flexibility index (Phi) is 3.48. The summed E-state index contributed by atoms with van der Waals surface area (Å²) < 4.78 is 5.52. The highest BCUT2D eigenvalue weighted by atomic mass is 16.5. The van der Waals surface area contributed by atoms with Crippen LogP contribution in [0.3, 0.4) is 0 Å². The number of pyridine rings is 1. The Morgan fingerprint density at radius 1 is 1.40 bits per heavy atom. The van der Waals surface area contributed by atoms with Crippen molar-refractivity contribution in [2.45, 2.75) is 26.3 Å². The standard InChI is InChI=1S/C14H17N3O3/c1-9-11(10-4-6-16-7-5-10)12(18)17(8-20-9)14(2,3)13(15)19/h4-7H,8H2,1-3H3,(H2,15,19). The Morgan fingerprint density at radius 3 is 2.55 bits per heavy atom. The molecule has 0 bridgehead atoms. The fourth-order valence-electron chi connectivity index (χ4n) is 1.97. The van der Waals surface area contributed by atoms with Crippen LogP contribution in [0.4, 0.5) is 0 Å². The van der Waals surface area contributed by atoms with Gasteiger partial charge in [-0.05, 0) is 38.5 Å². The molecule has 1 aliphatic heterocycles. The number of aromatic nitrogens is 1. The smallest absolute Gasteiger partial charge is 0.261 e. The van der Waals surface area contributed by atoms with Crippen molar-refractivity contribution in [2.75, 3.05) is 6.73 Å². The summed E-state index contributed by atoms with van der Waals surface area (Å²) in [6.45, 7) is 4.93. The monoisotopic (exact) mass is 275 g/mol. The highest BCUT2D eigenvalue weighted by Crippen LogP contribution is 2.29. The number of rotatable bonds is 3. The molecule has 0 atom stereocenters. The van der Waals surface area contributed by atoms with E-state index in [1.54, 1.807) is 45.3 Å². The third-order valence-electron chi connectivity index (χ3n) is 3.47. The van der Waals surface area contributed by atoms with Crippen LogP contribution < -0.4 is 5.73 Å². The lowest BCUT2D eigenvalue weighted by Gasteiger charge is -2.39. The maximum atomic E-state index is 12.6. The van der Waals surface area contributed by atoms with Crippen molar-refractivity contribution in [1.29, 1.82) is 0 Å². The van der Waals surface area contributed by atoms with Crippen LogP contribution in [0.15, 0.2) is 30.3 Å².